The fraction of sp³-hybridized carbons (Fsp3) is 0.381. The quantitative estimate of drug-likeness (QED) is 0.570. The van der Waals surface area contributed by atoms with Crippen LogP contribution in [0, 0.1) is 25.7 Å². The molecule has 1 aromatic carbocycles. The third-order valence-corrected chi connectivity index (χ3v) is 3.58. The number of hydrogen-bond acceptors (Lipinski definition) is 5. The highest BCUT2D eigenvalue weighted by Crippen LogP contribution is 2.13. The lowest BCUT2D eigenvalue weighted by Crippen LogP contribution is -2.48. The number of carbonyl (C=O) groups is 3. The molecule has 1 amide bonds. The molecule has 27 heavy (non-hydrogen) atoms. The van der Waals surface area contributed by atoms with Crippen molar-refractivity contribution in [1.29, 1.82) is 0 Å². The predicted octanol–water partition coefficient (Wildman–Crippen LogP) is 1.59. The molecule has 6 nitrogen and oxygen atoms in total. The number of nitrogens with two attached hydrogens (primary N) is 1. The monoisotopic (exact) mass is 372 g/mol. The van der Waals surface area contributed by atoms with Crippen molar-refractivity contribution in [2.24, 2.45) is 5.73 Å². The van der Waals surface area contributed by atoms with Gasteiger partial charge in [0.25, 0.3) is 0 Å². The van der Waals surface area contributed by atoms with Crippen LogP contribution >= 0.6 is 0 Å². The van der Waals surface area contributed by atoms with Gasteiger partial charge in [-0.2, -0.15) is 0 Å². The first-order valence-corrected chi connectivity index (χ1v) is 8.30. The number of amides is 1. The molecule has 0 saturated heterocycles. The van der Waals surface area contributed by atoms with Gasteiger partial charge < -0.3 is 21.0 Å². The molecule has 0 aliphatic heterocycles. The fourth-order valence-corrected chi connectivity index (χ4v) is 2.17. The normalized spacial score (nSPS) is 11.4. The lowest BCUT2D eigenvalue weighted by Gasteiger charge is -2.18. The van der Waals surface area contributed by atoms with Crippen LogP contribution in [0.15, 0.2) is 24.3 Å². The summed E-state index contributed by atoms with van der Waals surface area (Å²) in [6.07, 6.45) is 17.5. The lowest BCUT2D eigenvalue weighted by molar-refractivity contribution is -0.128. The van der Waals surface area contributed by atoms with Crippen LogP contribution in [-0.4, -0.2) is 34.7 Å². The number of aryl methyl sites for hydroxylation is 1. The minimum atomic E-state index is -0.753. The van der Waals surface area contributed by atoms with Crippen molar-refractivity contribution in [2.75, 3.05) is 0 Å². The molecule has 1 rings (SSSR count). The lowest BCUT2D eigenvalue weighted by atomic mass is 10.0. The number of terminal acetylenes is 2. The minimum absolute atomic E-state index is 0.0290. The summed E-state index contributed by atoms with van der Waals surface area (Å²) < 4.78 is 0. The van der Waals surface area contributed by atoms with E-state index >= 15 is 0 Å². The van der Waals surface area contributed by atoms with Crippen molar-refractivity contribution >= 4 is 17.5 Å². The minimum Gasteiger partial charge on any atom is -0.508 e. The summed E-state index contributed by atoms with van der Waals surface area (Å²) in [5.41, 5.74) is 6.74. The summed E-state index contributed by atoms with van der Waals surface area (Å²) >= 11 is 0. The molecule has 0 heterocycles. The maximum Gasteiger partial charge on any atom is 0.237 e. The molecule has 2 atom stereocenters. The second-order valence-electron chi connectivity index (χ2n) is 5.73. The molecule has 6 heteroatoms. The molecule has 0 spiro atoms. The zero-order chi connectivity index (χ0) is 21.4. The maximum atomic E-state index is 12.1. The van der Waals surface area contributed by atoms with Crippen LogP contribution in [0.2, 0.25) is 0 Å². The Morgan fingerprint density at radius 3 is 2.19 bits per heavy atom. The van der Waals surface area contributed by atoms with Crippen molar-refractivity contribution < 1.29 is 19.5 Å². The number of aromatic hydroxyl groups is 1. The number of nitrogens with one attached hydrogen (secondary N) is 1. The van der Waals surface area contributed by atoms with Crippen molar-refractivity contribution in [3.05, 3.63) is 29.8 Å². The van der Waals surface area contributed by atoms with E-state index in [1.165, 1.54) is 13.8 Å². The first-order valence-electron chi connectivity index (χ1n) is 8.30. The second-order valence-corrected chi connectivity index (χ2v) is 5.73. The number of Topliss-reactive ketones (excluding diaryl/α,β-unsaturated/α-hetero) is 2. The van der Waals surface area contributed by atoms with Crippen LogP contribution in [-0.2, 0) is 20.8 Å². The third-order valence-electron chi connectivity index (χ3n) is 3.58. The summed E-state index contributed by atoms with van der Waals surface area (Å²) in [5, 5.41) is 12.0. The fourth-order valence-electron chi connectivity index (χ4n) is 2.17. The van der Waals surface area contributed by atoms with E-state index in [0.717, 1.165) is 5.56 Å². The SMILES string of the molecule is C#C.C#C.CC(=O)CC[C@H](NC(=O)[C@@H](N)CCc1cccc(O)c1)C(C)=O. The Hall–Kier alpha value is -3.09. The average Bonchev–Trinajstić information content (AvgIpc) is 2.65. The average molecular weight is 372 g/mol. The Bertz CT molecular complexity index is 644. The van der Waals surface area contributed by atoms with E-state index in [1.807, 2.05) is 6.07 Å². The maximum absolute atomic E-state index is 12.1. The largest absolute Gasteiger partial charge is 0.508 e. The first kappa shape index (κ1) is 26.1. The number of rotatable bonds is 9. The van der Waals surface area contributed by atoms with Gasteiger partial charge in [0, 0.05) is 6.42 Å². The zero-order valence-corrected chi connectivity index (χ0v) is 15.9. The van der Waals surface area contributed by atoms with Gasteiger partial charge in [-0.25, -0.2) is 0 Å². The van der Waals surface area contributed by atoms with Gasteiger partial charge in [-0.1, -0.05) is 12.1 Å². The number of phenolic OH excluding ortho intramolecular Hbond substituents is 1. The second kappa shape index (κ2) is 15.2. The van der Waals surface area contributed by atoms with E-state index in [0.29, 0.717) is 12.8 Å². The van der Waals surface area contributed by atoms with Crippen LogP contribution in [0.5, 0.6) is 5.75 Å². The van der Waals surface area contributed by atoms with E-state index in [9.17, 15) is 19.5 Å². The molecule has 0 aliphatic carbocycles. The van der Waals surface area contributed by atoms with E-state index in [-0.39, 0.29) is 30.2 Å². The van der Waals surface area contributed by atoms with Gasteiger partial charge in [0.1, 0.15) is 11.5 Å². The van der Waals surface area contributed by atoms with Crippen molar-refractivity contribution in [1.82, 2.24) is 5.32 Å². The highest BCUT2D eigenvalue weighted by atomic mass is 16.3. The molecule has 0 aromatic heterocycles. The van der Waals surface area contributed by atoms with Gasteiger partial charge in [0.15, 0.2) is 5.78 Å². The molecule has 0 unspecified atom stereocenters. The van der Waals surface area contributed by atoms with Gasteiger partial charge >= 0.3 is 0 Å². The number of benzene rings is 1. The molecule has 146 valence electrons. The summed E-state index contributed by atoms with van der Waals surface area (Å²) in [6.45, 7) is 2.82. The van der Waals surface area contributed by atoms with Gasteiger partial charge in [0.05, 0.1) is 12.1 Å². The van der Waals surface area contributed by atoms with Crippen molar-refractivity contribution in [3.8, 4) is 31.4 Å². The van der Waals surface area contributed by atoms with Gasteiger partial charge in [-0.3, -0.25) is 9.59 Å². The zero-order valence-electron chi connectivity index (χ0n) is 15.9. The molecule has 0 aliphatic rings. The number of ketones is 2. The van der Waals surface area contributed by atoms with E-state index in [2.05, 4.69) is 31.0 Å². The summed E-state index contributed by atoms with van der Waals surface area (Å²) in [4.78, 5) is 34.6. The van der Waals surface area contributed by atoms with Crippen molar-refractivity contribution in [3.63, 3.8) is 0 Å². The van der Waals surface area contributed by atoms with Gasteiger partial charge in [0.2, 0.25) is 5.91 Å². The first-order chi connectivity index (χ1) is 12.8. The smallest absolute Gasteiger partial charge is 0.237 e. The Morgan fingerprint density at radius 1 is 1.11 bits per heavy atom. The standard InChI is InChI=1S/C17H24N2O4.2C2H2/c1-11(20)6-9-16(12(2)21)19-17(23)15(18)8-7-13-4-3-5-14(22)10-13;2*1-2/h3-5,10,15-16,22H,6-9,18H2,1-2H3,(H,19,23);2*1-2H/t15-,16-;;/m0../s1. The number of carbonyl (C=O) groups excluding carboxylic acids is 3. The molecule has 0 fully saturated rings. The Labute approximate surface area is 161 Å². The van der Waals surface area contributed by atoms with Gasteiger partial charge in [-0.05, 0) is 50.8 Å². The molecular weight excluding hydrogens is 344 g/mol. The number of hydrogen-bond donors (Lipinski definition) is 3. The number of phenols is 1. The topological polar surface area (TPSA) is 109 Å². The van der Waals surface area contributed by atoms with E-state index in [1.54, 1.807) is 18.2 Å². The summed E-state index contributed by atoms with van der Waals surface area (Å²) in [7, 11) is 0. The third kappa shape index (κ3) is 12.0. The molecule has 1 aromatic rings. The van der Waals surface area contributed by atoms with Crippen LogP contribution < -0.4 is 11.1 Å². The Kier molecular flexibility index (Phi) is 14.7. The summed E-state index contributed by atoms with van der Waals surface area (Å²) in [5.74, 6) is -0.464. The molecule has 0 bridgehead atoms. The van der Waals surface area contributed by atoms with Crippen LogP contribution in [0.4, 0.5) is 0 Å². The molecule has 0 radical (unpaired) electrons. The molecule has 0 saturated carbocycles. The van der Waals surface area contributed by atoms with Crippen LogP contribution in [0.25, 0.3) is 0 Å². The highest BCUT2D eigenvalue weighted by molar-refractivity contribution is 5.90. The molecule has 4 N–H and O–H groups in total. The predicted molar refractivity (Wildman–Crippen MR) is 107 cm³/mol. The summed E-state index contributed by atoms with van der Waals surface area (Å²) in [6, 6.07) is 5.33. The highest BCUT2D eigenvalue weighted by Gasteiger charge is 2.21. The Balaban J connectivity index is 0. The van der Waals surface area contributed by atoms with Crippen molar-refractivity contribution in [2.45, 2.75) is 51.6 Å². The van der Waals surface area contributed by atoms with Gasteiger partial charge in [-0.15, -0.1) is 25.7 Å². The molecular formula is C21H28N2O4. The van der Waals surface area contributed by atoms with Crippen LogP contribution in [0.1, 0.15) is 38.7 Å². The van der Waals surface area contributed by atoms with Crippen LogP contribution in [0.3, 0.4) is 0 Å². The Morgan fingerprint density at radius 2 is 1.70 bits per heavy atom. The van der Waals surface area contributed by atoms with E-state index in [4.69, 9.17) is 5.73 Å². The van der Waals surface area contributed by atoms with E-state index < -0.39 is 18.0 Å².